The molecule has 208 valence electrons. The van der Waals surface area contributed by atoms with Gasteiger partial charge in [0.05, 0.1) is 0 Å². The molecule has 0 nitrogen and oxygen atoms in total. The molecule has 4 aromatic rings. The second-order valence-electron chi connectivity index (χ2n) is 12.5. The van der Waals surface area contributed by atoms with Crippen molar-refractivity contribution in [1.82, 2.24) is 0 Å². The quantitative estimate of drug-likeness (QED) is 0.190. The first-order chi connectivity index (χ1) is 19.4. The second-order valence-corrected chi connectivity index (χ2v) is 20.9. The molecule has 3 heteroatoms. The lowest BCUT2D eigenvalue weighted by molar-refractivity contribution is 0.777. The summed E-state index contributed by atoms with van der Waals surface area (Å²) in [7, 11) is -0.544. The molecule has 2 heterocycles. The summed E-state index contributed by atoms with van der Waals surface area (Å²) < 4.78 is 0. The van der Waals surface area contributed by atoms with Crippen LogP contribution in [-0.2, 0) is 12.3 Å². The minimum absolute atomic E-state index is 0.00160. The lowest BCUT2D eigenvalue weighted by Crippen LogP contribution is -2.23. The van der Waals surface area contributed by atoms with Gasteiger partial charge in [-0.2, -0.15) is 0 Å². The Kier molecular flexibility index (Phi) is 8.81. The van der Waals surface area contributed by atoms with Crippen molar-refractivity contribution < 1.29 is 0 Å². The van der Waals surface area contributed by atoms with Crippen LogP contribution in [0.25, 0.3) is 10.8 Å². The first-order valence-electron chi connectivity index (χ1n) is 15.4. The molecule has 0 saturated carbocycles. The Morgan fingerprint density at radius 3 is 1.50 bits per heavy atom. The number of benzene rings is 4. The molecule has 0 amide bonds. The summed E-state index contributed by atoms with van der Waals surface area (Å²) in [6, 6.07) is 33.1. The first-order valence-corrected chi connectivity index (χ1v) is 20.0. The Bertz CT molecular complexity index is 1390. The molecule has 0 aromatic heterocycles. The Morgan fingerprint density at radius 1 is 0.575 bits per heavy atom. The molecule has 0 bridgehead atoms. The SMILES string of the molecule is Cc1cc2cc(CP3[C@H](C)CC[C@H]3C)c(P(c3ccccc3)c3ccccc3)cc2cc1CP1[C@H](C)CC[C@H]1C. The molecular weight excluding hydrogens is 537 g/mol. The molecule has 4 aromatic carbocycles. The molecule has 4 atom stereocenters. The zero-order valence-electron chi connectivity index (χ0n) is 25.0. The van der Waals surface area contributed by atoms with Crippen LogP contribution in [0.2, 0.25) is 0 Å². The fourth-order valence-corrected chi connectivity index (χ4v) is 16.1. The van der Waals surface area contributed by atoms with E-state index in [-0.39, 0.29) is 15.8 Å². The molecule has 0 N–H and O–H groups in total. The van der Waals surface area contributed by atoms with Crippen LogP contribution in [0.3, 0.4) is 0 Å². The van der Waals surface area contributed by atoms with Gasteiger partial charge in [0.15, 0.2) is 0 Å². The van der Waals surface area contributed by atoms with Gasteiger partial charge in [-0.3, -0.25) is 0 Å². The van der Waals surface area contributed by atoms with Crippen LogP contribution < -0.4 is 15.9 Å². The Morgan fingerprint density at radius 2 is 1.00 bits per heavy atom. The van der Waals surface area contributed by atoms with E-state index in [1.807, 2.05) is 0 Å². The van der Waals surface area contributed by atoms with Crippen molar-refractivity contribution in [2.24, 2.45) is 0 Å². The highest BCUT2D eigenvalue weighted by Crippen LogP contribution is 2.59. The van der Waals surface area contributed by atoms with E-state index in [0.717, 1.165) is 22.6 Å². The van der Waals surface area contributed by atoms with Gasteiger partial charge >= 0.3 is 0 Å². The van der Waals surface area contributed by atoms with E-state index in [0.29, 0.717) is 0 Å². The van der Waals surface area contributed by atoms with Gasteiger partial charge in [-0.05, 0) is 125 Å². The Hall–Kier alpha value is -1.57. The third-order valence-corrected chi connectivity index (χ3v) is 19.2. The van der Waals surface area contributed by atoms with Crippen LogP contribution in [0, 0.1) is 6.92 Å². The monoisotopic (exact) mass is 582 g/mol. The summed E-state index contributed by atoms with van der Waals surface area (Å²) in [5.41, 5.74) is 8.27. The maximum Gasteiger partial charge on any atom is -0.00615 e. The standard InChI is InChI=1S/C37H45P3/c1-26-20-31-22-34(25-39-29(4)18-19-30(39)5)37(23-32(31)21-33(26)24-38-27(2)16-17-28(38)3)40(35-12-8-6-9-13-35)36-14-10-7-11-15-36/h6-15,20-23,27-30H,16-19,24-25H2,1-5H3/t27-,28-,29-,30-/m1/s1. The summed E-state index contributed by atoms with van der Waals surface area (Å²) in [5, 5.41) is 7.43. The van der Waals surface area contributed by atoms with Crippen LogP contribution in [-0.4, -0.2) is 22.6 Å². The van der Waals surface area contributed by atoms with Gasteiger partial charge in [0.25, 0.3) is 0 Å². The molecule has 0 unspecified atom stereocenters. The Balaban J connectivity index is 1.51. The van der Waals surface area contributed by atoms with Gasteiger partial charge < -0.3 is 0 Å². The third kappa shape index (κ3) is 5.85. The first kappa shape index (κ1) is 28.5. The van der Waals surface area contributed by atoms with E-state index < -0.39 is 7.92 Å². The van der Waals surface area contributed by atoms with E-state index >= 15 is 0 Å². The number of fused-ring (bicyclic) bond motifs is 1. The average Bonchev–Trinajstić information content (AvgIpc) is 3.45. The molecule has 2 aliphatic heterocycles. The topological polar surface area (TPSA) is 0 Å². The van der Waals surface area contributed by atoms with Crippen molar-refractivity contribution in [2.45, 2.75) is 95.3 Å². The fourth-order valence-electron chi connectivity index (χ4n) is 7.15. The summed E-state index contributed by atoms with van der Waals surface area (Å²) in [5.74, 6) is 0. The predicted molar refractivity (Wildman–Crippen MR) is 185 cm³/mol. The highest BCUT2D eigenvalue weighted by Gasteiger charge is 2.32. The van der Waals surface area contributed by atoms with Gasteiger partial charge in [-0.25, -0.2) is 0 Å². The van der Waals surface area contributed by atoms with Gasteiger partial charge in [0.2, 0.25) is 0 Å². The second kappa shape index (κ2) is 12.3. The van der Waals surface area contributed by atoms with Crippen LogP contribution >= 0.6 is 23.8 Å². The molecule has 6 rings (SSSR count). The minimum Gasteiger partial charge on any atom is -0.0964 e. The molecule has 40 heavy (non-hydrogen) atoms. The fraction of sp³-hybridized carbons (Fsp3) is 0.405. The molecule has 2 saturated heterocycles. The van der Waals surface area contributed by atoms with E-state index in [2.05, 4.69) is 120 Å². The smallest absolute Gasteiger partial charge is 0.00615 e. The highest BCUT2D eigenvalue weighted by atomic mass is 31.1. The summed E-state index contributed by atoms with van der Waals surface area (Å²) in [4.78, 5) is 0. The predicted octanol–water partition coefficient (Wildman–Crippen LogP) is 10.0. The number of hydrogen-bond acceptors (Lipinski definition) is 0. The summed E-state index contributed by atoms with van der Waals surface area (Å²) >= 11 is 0. The van der Waals surface area contributed by atoms with Crippen molar-refractivity contribution in [2.75, 3.05) is 0 Å². The van der Waals surface area contributed by atoms with Crippen molar-refractivity contribution in [3.63, 3.8) is 0 Å². The summed E-state index contributed by atoms with van der Waals surface area (Å²) in [6.45, 7) is 12.4. The van der Waals surface area contributed by atoms with E-state index in [9.17, 15) is 0 Å². The van der Waals surface area contributed by atoms with Crippen molar-refractivity contribution in [3.8, 4) is 0 Å². The molecule has 0 spiro atoms. The average molecular weight is 583 g/mol. The van der Waals surface area contributed by atoms with Crippen molar-refractivity contribution in [3.05, 3.63) is 102 Å². The van der Waals surface area contributed by atoms with E-state index in [4.69, 9.17) is 0 Å². The van der Waals surface area contributed by atoms with E-state index in [1.54, 1.807) is 16.4 Å². The Labute approximate surface area is 246 Å². The van der Waals surface area contributed by atoms with Gasteiger partial charge in [-0.1, -0.05) is 122 Å². The largest absolute Gasteiger partial charge is 0.0964 e. The van der Waals surface area contributed by atoms with E-state index in [1.165, 1.54) is 65.0 Å². The van der Waals surface area contributed by atoms with Crippen LogP contribution in [0.1, 0.15) is 70.1 Å². The maximum absolute atomic E-state index is 2.63. The van der Waals surface area contributed by atoms with Crippen LogP contribution in [0.5, 0.6) is 0 Å². The van der Waals surface area contributed by atoms with Crippen molar-refractivity contribution >= 4 is 50.5 Å². The molecule has 2 aliphatic rings. The summed E-state index contributed by atoms with van der Waals surface area (Å²) in [6.07, 6.45) is 8.22. The highest BCUT2D eigenvalue weighted by molar-refractivity contribution is 7.80. The normalized spacial score (nSPS) is 23.9. The molecule has 2 fully saturated rings. The zero-order chi connectivity index (χ0) is 27.8. The third-order valence-electron chi connectivity index (χ3n) is 9.74. The molecule has 0 radical (unpaired) electrons. The van der Waals surface area contributed by atoms with Crippen LogP contribution in [0.4, 0.5) is 0 Å². The van der Waals surface area contributed by atoms with Crippen molar-refractivity contribution in [1.29, 1.82) is 0 Å². The van der Waals surface area contributed by atoms with Gasteiger partial charge in [-0.15, -0.1) is 0 Å². The lowest BCUT2D eigenvalue weighted by atomic mass is 10.0. The number of rotatable bonds is 7. The zero-order valence-corrected chi connectivity index (χ0v) is 27.7. The van der Waals surface area contributed by atoms with Gasteiger partial charge in [0.1, 0.15) is 0 Å². The number of hydrogen-bond donors (Lipinski definition) is 0. The maximum atomic E-state index is 2.63. The number of aryl methyl sites for hydroxylation is 1. The molecular formula is C37H45P3. The van der Waals surface area contributed by atoms with Gasteiger partial charge in [0, 0.05) is 0 Å². The van der Waals surface area contributed by atoms with Crippen LogP contribution in [0.15, 0.2) is 84.9 Å². The molecule has 0 aliphatic carbocycles. The lowest BCUT2D eigenvalue weighted by Gasteiger charge is -2.27. The minimum atomic E-state index is -0.619.